The van der Waals surface area contributed by atoms with E-state index in [9.17, 15) is 9.59 Å². The Labute approximate surface area is 177 Å². The van der Waals surface area contributed by atoms with Crippen LogP contribution in [-0.2, 0) is 16.1 Å². The summed E-state index contributed by atoms with van der Waals surface area (Å²) in [5.41, 5.74) is 2.54. The minimum absolute atomic E-state index is 0.157. The third kappa shape index (κ3) is 3.87. The average molecular weight is 453 g/mol. The standard InChI is InChI=1S/C22H21BrN4O2/c1-14-17-8-3-4-9-19(17)25-20(24-14)13-26(2)21(28)18-10-11-27(22(18)29)16-7-5-6-15(23)12-16/h3-9,12,18H,10-11,13H2,1-2H3. The number of aromatic nitrogens is 2. The molecule has 7 heteroatoms. The number of amides is 2. The summed E-state index contributed by atoms with van der Waals surface area (Å²) in [6, 6.07) is 15.4. The van der Waals surface area contributed by atoms with Gasteiger partial charge >= 0.3 is 0 Å². The van der Waals surface area contributed by atoms with Crippen molar-refractivity contribution in [3.63, 3.8) is 0 Å². The molecule has 0 radical (unpaired) electrons. The summed E-state index contributed by atoms with van der Waals surface area (Å²) in [6.07, 6.45) is 0.506. The van der Waals surface area contributed by atoms with Gasteiger partial charge in [-0.3, -0.25) is 9.59 Å². The molecule has 0 aliphatic carbocycles. The van der Waals surface area contributed by atoms with E-state index in [1.165, 1.54) is 0 Å². The first-order valence-corrected chi connectivity index (χ1v) is 10.3. The Morgan fingerprint density at radius 2 is 2.00 bits per heavy atom. The van der Waals surface area contributed by atoms with Gasteiger partial charge in [-0.05, 0) is 37.6 Å². The Hall–Kier alpha value is -2.80. The van der Waals surface area contributed by atoms with Crippen LogP contribution in [0.4, 0.5) is 5.69 Å². The number of aryl methyl sites for hydroxylation is 1. The van der Waals surface area contributed by atoms with Crippen LogP contribution < -0.4 is 4.90 Å². The predicted molar refractivity (Wildman–Crippen MR) is 115 cm³/mol. The highest BCUT2D eigenvalue weighted by molar-refractivity contribution is 9.10. The molecule has 0 saturated carbocycles. The Morgan fingerprint density at radius 1 is 1.21 bits per heavy atom. The molecule has 2 heterocycles. The Balaban J connectivity index is 1.49. The molecule has 1 fully saturated rings. The van der Waals surface area contributed by atoms with Crippen molar-refractivity contribution < 1.29 is 9.59 Å². The summed E-state index contributed by atoms with van der Waals surface area (Å²) < 4.78 is 0.901. The summed E-state index contributed by atoms with van der Waals surface area (Å²) >= 11 is 3.43. The van der Waals surface area contributed by atoms with Gasteiger partial charge in [0.05, 0.1) is 12.1 Å². The third-order valence-corrected chi connectivity index (χ3v) is 5.71. The predicted octanol–water partition coefficient (Wildman–Crippen LogP) is 3.71. The topological polar surface area (TPSA) is 66.4 Å². The van der Waals surface area contributed by atoms with Gasteiger partial charge in [-0.2, -0.15) is 0 Å². The molecular formula is C22H21BrN4O2. The van der Waals surface area contributed by atoms with E-state index in [2.05, 4.69) is 25.9 Å². The van der Waals surface area contributed by atoms with Crippen LogP contribution in [0.25, 0.3) is 10.9 Å². The molecule has 1 atom stereocenters. The van der Waals surface area contributed by atoms with Gasteiger partial charge in [-0.15, -0.1) is 0 Å². The second-order valence-corrected chi connectivity index (χ2v) is 8.16. The highest BCUT2D eigenvalue weighted by Gasteiger charge is 2.39. The van der Waals surface area contributed by atoms with E-state index in [0.717, 1.165) is 26.8 Å². The molecule has 3 aromatic rings. The summed E-state index contributed by atoms with van der Waals surface area (Å²) in [6.45, 7) is 2.74. The largest absolute Gasteiger partial charge is 0.338 e. The molecule has 1 aliphatic heterocycles. The minimum Gasteiger partial charge on any atom is -0.338 e. The van der Waals surface area contributed by atoms with E-state index in [0.29, 0.717) is 18.8 Å². The summed E-state index contributed by atoms with van der Waals surface area (Å²) in [4.78, 5) is 38.2. The number of anilines is 1. The number of fused-ring (bicyclic) bond motifs is 1. The van der Waals surface area contributed by atoms with E-state index < -0.39 is 5.92 Å². The normalized spacial score (nSPS) is 16.4. The van der Waals surface area contributed by atoms with Gasteiger partial charge in [0.15, 0.2) is 0 Å². The highest BCUT2D eigenvalue weighted by atomic mass is 79.9. The molecular weight excluding hydrogens is 432 g/mol. The van der Waals surface area contributed by atoms with Crippen molar-refractivity contribution in [2.45, 2.75) is 19.9 Å². The van der Waals surface area contributed by atoms with Crippen LogP contribution in [0.15, 0.2) is 53.0 Å². The smallest absolute Gasteiger partial charge is 0.239 e. The molecule has 0 bridgehead atoms. The Bertz CT molecular complexity index is 1100. The number of nitrogens with zero attached hydrogens (tertiary/aromatic N) is 4. The zero-order chi connectivity index (χ0) is 20.5. The zero-order valence-corrected chi connectivity index (χ0v) is 17.9. The van der Waals surface area contributed by atoms with Gasteiger partial charge in [-0.1, -0.05) is 40.2 Å². The quantitative estimate of drug-likeness (QED) is 0.565. The zero-order valence-electron chi connectivity index (χ0n) is 16.3. The summed E-state index contributed by atoms with van der Waals surface area (Å²) in [5.74, 6) is -0.440. The first kappa shape index (κ1) is 19.5. The molecule has 148 valence electrons. The van der Waals surface area contributed by atoms with E-state index >= 15 is 0 Å². The van der Waals surface area contributed by atoms with Crippen molar-refractivity contribution in [3.8, 4) is 0 Å². The molecule has 1 unspecified atom stereocenters. The molecule has 0 N–H and O–H groups in total. The maximum atomic E-state index is 13.0. The van der Waals surface area contributed by atoms with Gasteiger partial charge in [0.2, 0.25) is 11.8 Å². The number of carbonyl (C=O) groups excluding carboxylic acids is 2. The van der Waals surface area contributed by atoms with E-state index in [4.69, 9.17) is 0 Å². The van der Waals surface area contributed by atoms with Crippen LogP contribution in [0.5, 0.6) is 0 Å². The fraction of sp³-hybridized carbons (Fsp3) is 0.273. The average Bonchev–Trinajstić information content (AvgIpc) is 3.08. The fourth-order valence-electron chi connectivity index (χ4n) is 3.73. The number of hydrogen-bond acceptors (Lipinski definition) is 4. The van der Waals surface area contributed by atoms with Crippen LogP contribution in [0.3, 0.4) is 0 Å². The molecule has 0 spiro atoms. The molecule has 1 aliphatic rings. The molecule has 4 rings (SSSR count). The Morgan fingerprint density at radius 3 is 2.79 bits per heavy atom. The van der Waals surface area contributed by atoms with Gasteiger partial charge in [0.1, 0.15) is 11.7 Å². The SMILES string of the molecule is Cc1nc(CN(C)C(=O)C2CCN(c3cccc(Br)c3)C2=O)nc2ccccc12. The molecule has 2 amide bonds. The molecule has 29 heavy (non-hydrogen) atoms. The first-order valence-electron chi connectivity index (χ1n) is 9.48. The third-order valence-electron chi connectivity index (χ3n) is 5.22. The molecule has 1 aromatic heterocycles. The maximum Gasteiger partial charge on any atom is 0.239 e. The lowest BCUT2D eigenvalue weighted by Crippen LogP contribution is -2.38. The van der Waals surface area contributed by atoms with E-state index in [1.807, 2.05) is 55.5 Å². The minimum atomic E-state index is -0.666. The number of carbonyl (C=O) groups is 2. The fourth-order valence-corrected chi connectivity index (χ4v) is 4.12. The van der Waals surface area contributed by atoms with Gasteiger partial charge in [0.25, 0.3) is 0 Å². The van der Waals surface area contributed by atoms with Gasteiger partial charge in [-0.25, -0.2) is 9.97 Å². The Kier molecular flexibility index (Phi) is 5.32. The van der Waals surface area contributed by atoms with Crippen LogP contribution in [-0.4, -0.2) is 40.3 Å². The van der Waals surface area contributed by atoms with Crippen LogP contribution in [0.2, 0.25) is 0 Å². The van der Waals surface area contributed by atoms with Gasteiger partial charge < -0.3 is 9.80 Å². The summed E-state index contributed by atoms with van der Waals surface area (Å²) in [5, 5.41) is 1.00. The van der Waals surface area contributed by atoms with Crippen molar-refractivity contribution >= 4 is 44.3 Å². The first-order chi connectivity index (χ1) is 13.9. The lowest BCUT2D eigenvalue weighted by Gasteiger charge is -2.21. The number of rotatable bonds is 4. The number of para-hydroxylation sites is 1. The van der Waals surface area contributed by atoms with Crippen molar-refractivity contribution in [1.29, 1.82) is 0 Å². The monoisotopic (exact) mass is 452 g/mol. The molecule has 6 nitrogen and oxygen atoms in total. The second kappa shape index (κ2) is 7.91. The van der Waals surface area contributed by atoms with Crippen molar-refractivity contribution in [2.75, 3.05) is 18.5 Å². The van der Waals surface area contributed by atoms with Crippen molar-refractivity contribution in [3.05, 3.63) is 64.5 Å². The van der Waals surface area contributed by atoms with Crippen molar-refractivity contribution in [2.24, 2.45) is 5.92 Å². The molecule has 2 aromatic carbocycles. The number of halogens is 1. The van der Waals surface area contributed by atoms with Crippen molar-refractivity contribution in [1.82, 2.24) is 14.9 Å². The van der Waals surface area contributed by atoms with Gasteiger partial charge in [0, 0.05) is 34.8 Å². The lowest BCUT2D eigenvalue weighted by molar-refractivity contribution is -0.139. The van der Waals surface area contributed by atoms with E-state index in [1.54, 1.807) is 16.8 Å². The highest BCUT2D eigenvalue weighted by Crippen LogP contribution is 2.28. The van der Waals surface area contributed by atoms with E-state index in [-0.39, 0.29) is 18.4 Å². The van der Waals surface area contributed by atoms with Crippen LogP contribution in [0, 0.1) is 12.8 Å². The number of hydrogen-bond donors (Lipinski definition) is 0. The van der Waals surface area contributed by atoms with Crippen LogP contribution in [0.1, 0.15) is 17.9 Å². The second-order valence-electron chi connectivity index (χ2n) is 7.25. The van der Waals surface area contributed by atoms with Crippen LogP contribution >= 0.6 is 15.9 Å². The number of benzene rings is 2. The maximum absolute atomic E-state index is 13.0. The molecule has 1 saturated heterocycles. The lowest BCUT2D eigenvalue weighted by atomic mass is 10.1. The summed E-state index contributed by atoms with van der Waals surface area (Å²) in [7, 11) is 1.70.